The van der Waals surface area contributed by atoms with Gasteiger partial charge in [0.05, 0.1) is 5.41 Å². The van der Waals surface area contributed by atoms with E-state index in [0.29, 0.717) is 17.5 Å². The molecule has 3 nitrogen and oxygen atoms in total. The quantitative estimate of drug-likeness (QED) is 0.181. The average molecular weight is 724 g/mol. The van der Waals surface area contributed by atoms with E-state index in [0.717, 1.165) is 27.5 Å². The van der Waals surface area contributed by atoms with Gasteiger partial charge in [0.25, 0.3) is 0 Å². The van der Waals surface area contributed by atoms with E-state index >= 15 is 0 Å². The van der Waals surface area contributed by atoms with Crippen molar-refractivity contribution in [1.29, 1.82) is 0 Å². The highest BCUT2D eigenvalue weighted by atomic mass is 15.0. The normalized spacial score (nSPS) is 13.1. The molecule has 0 amide bonds. The molecule has 12 rings (SSSR count). The van der Waals surface area contributed by atoms with Crippen LogP contribution in [0.15, 0.2) is 200 Å². The minimum Gasteiger partial charge on any atom is -0.208 e. The fourth-order valence-corrected chi connectivity index (χ4v) is 9.62. The van der Waals surface area contributed by atoms with Crippen molar-refractivity contribution in [3.05, 3.63) is 222 Å². The Morgan fingerprint density at radius 3 is 1.33 bits per heavy atom. The molecule has 2 aliphatic carbocycles. The lowest BCUT2D eigenvalue weighted by molar-refractivity contribution is 0.794. The Kier molecular flexibility index (Phi) is 6.84. The summed E-state index contributed by atoms with van der Waals surface area (Å²) in [6, 6.07) is 72.3. The fourth-order valence-electron chi connectivity index (χ4n) is 9.62. The summed E-state index contributed by atoms with van der Waals surface area (Å²) < 4.78 is 0. The molecule has 1 aromatic heterocycles. The first-order chi connectivity index (χ1) is 28.2. The zero-order valence-corrected chi connectivity index (χ0v) is 30.9. The highest BCUT2D eigenvalue weighted by Gasteiger charge is 2.51. The number of nitrogens with zero attached hydrogens (tertiary/aromatic N) is 3. The second-order valence-electron chi connectivity index (χ2n) is 15.1. The van der Waals surface area contributed by atoms with Gasteiger partial charge in [-0.05, 0) is 95.4 Å². The molecule has 0 radical (unpaired) electrons. The third-order valence-corrected chi connectivity index (χ3v) is 12.1. The molecule has 1 spiro atoms. The van der Waals surface area contributed by atoms with Crippen LogP contribution in [0.2, 0.25) is 0 Å². The first-order valence-corrected chi connectivity index (χ1v) is 19.5. The molecular weight excluding hydrogens is 691 g/mol. The Morgan fingerprint density at radius 2 is 0.684 bits per heavy atom. The molecule has 264 valence electrons. The van der Waals surface area contributed by atoms with E-state index in [4.69, 9.17) is 15.0 Å². The molecule has 0 fully saturated rings. The van der Waals surface area contributed by atoms with E-state index in [1.54, 1.807) is 0 Å². The second kappa shape index (κ2) is 12.3. The molecule has 2 aliphatic rings. The van der Waals surface area contributed by atoms with Crippen LogP contribution in [0.4, 0.5) is 0 Å². The summed E-state index contributed by atoms with van der Waals surface area (Å²) in [5.41, 5.74) is 15.6. The van der Waals surface area contributed by atoms with Gasteiger partial charge in [0.15, 0.2) is 17.5 Å². The standard InChI is InChI=1S/C54H33N3/c1-2-14-35(15-3-1)51-55-52(40-29-25-34-13-4-5-16-36(34)32-40)57-53(56-51)41-30-27-37-31-39(28-26-38(37)33-41)42-20-12-24-49-50(42)45-19-8-11-23-48(45)54(49)46-21-9-6-17-43(46)44-18-7-10-22-47(44)54/h1-33H. The molecule has 0 saturated heterocycles. The SMILES string of the molecule is c1ccc(-c2nc(-c3ccc4ccccc4c3)nc(-c3ccc4cc(-c5cccc6c5-c5ccccc5C65c6ccccc6-c6ccccc65)ccc4c3)n2)cc1. The molecule has 57 heavy (non-hydrogen) atoms. The van der Waals surface area contributed by atoms with Gasteiger partial charge in [-0.3, -0.25) is 0 Å². The maximum Gasteiger partial charge on any atom is 0.164 e. The van der Waals surface area contributed by atoms with Crippen LogP contribution in [0.1, 0.15) is 22.3 Å². The van der Waals surface area contributed by atoms with Crippen LogP contribution >= 0.6 is 0 Å². The highest BCUT2D eigenvalue weighted by molar-refractivity contribution is 6.01. The second-order valence-corrected chi connectivity index (χ2v) is 15.1. The van der Waals surface area contributed by atoms with Crippen molar-refractivity contribution in [2.24, 2.45) is 0 Å². The molecule has 0 N–H and O–H groups in total. The van der Waals surface area contributed by atoms with E-state index in [2.05, 4.69) is 182 Å². The predicted molar refractivity (Wildman–Crippen MR) is 233 cm³/mol. The predicted octanol–water partition coefficient (Wildman–Crippen LogP) is 13.2. The summed E-state index contributed by atoms with van der Waals surface area (Å²) in [5.74, 6) is 1.96. The summed E-state index contributed by atoms with van der Waals surface area (Å²) in [4.78, 5) is 15.1. The Labute approximate surface area is 330 Å². The van der Waals surface area contributed by atoms with Crippen molar-refractivity contribution < 1.29 is 0 Å². The minimum atomic E-state index is -0.365. The number of hydrogen-bond acceptors (Lipinski definition) is 3. The van der Waals surface area contributed by atoms with E-state index in [-0.39, 0.29) is 5.41 Å². The topological polar surface area (TPSA) is 38.7 Å². The molecule has 1 heterocycles. The Morgan fingerprint density at radius 1 is 0.263 bits per heavy atom. The summed E-state index contributed by atoms with van der Waals surface area (Å²) >= 11 is 0. The Balaban J connectivity index is 0.992. The lowest BCUT2D eigenvalue weighted by Crippen LogP contribution is -2.25. The van der Waals surface area contributed by atoms with Gasteiger partial charge in [0.2, 0.25) is 0 Å². The van der Waals surface area contributed by atoms with Gasteiger partial charge in [-0.15, -0.1) is 0 Å². The number of aromatic nitrogens is 3. The number of benzene rings is 9. The maximum atomic E-state index is 5.08. The van der Waals surface area contributed by atoms with E-state index < -0.39 is 0 Å². The third-order valence-electron chi connectivity index (χ3n) is 12.1. The van der Waals surface area contributed by atoms with E-state index in [1.165, 1.54) is 66.4 Å². The van der Waals surface area contributed by atoms with Crippen molar-refractivity contribution in [2.75, 3.05) is 0 Å². The Hall–Kier alpha value is -7.49. The number of hydrogen-bond donors (Lipinski definition) is 0. The van der Waals surface area contributed by atoms with Gasteiger partial charge in [0, 0.05) is 16.7 Å². The number of fused-ring (bicyclic) bond motifs is 12. The van der Waals surface area contributed by atoms with E-state index in [1.807, 2.05) is 18.2 Å². The van der Waals surface area contributed by atoms with Gasteiger partial charge < -0.3 is 0 Å². The first-order valence-electron chi connectivity index (χ1n) is 19.5. The van der Waals surface area contributed by atoms with Crippen LogP contribution in [-0.4, -0.2) is 15.0 Å². The molecule has 10 aromatic rings. The summed E-state index contributed by atoms with van der Waals surface area (Å²) in [6.45, 7) is 0. The van der Waals surface area contributed by atoms with Gasteiger partial charge in [-0.1, -0.05) is 182 Å². The smallest absolute Gasteiger partial charge is 0.164 e. The summed E-state index contributed by atoms with van der Waals surface area (Å²) in [6.07, 6.45) is 0. The maximum absolute atomic E-state index is 5.08. The minimum absolute atomic E-state index is 0.365. The van der Waals surface area contributed by atoms with Crippen LogP contribution in [0.25, 0.3) is 89.1 Å². The van der Waals surface area contributed by atoms with Crippen molar-refractivity contribution in [2.45, 2.75) is 5.41 Å². The van der Waals surface area contributed by atoms with Crippen LogP contribution in [0.3, 0.4) is 0 Å². The zero-order chi connectivity index (χ0) is 37.5. The average Bonchev–Trinajstić information content (AvgIpc) is 3.76. The molecule has 0 unspecified atom stereocenters. The van der Waals surface area contributed by atoms with E-state index in [9.17, 15) is 0 Å². The van der Waals surface area contributed by atoms with Crippen LogP contribution in [0, 0.1) is 0 Å². The zero-order valence-electron chi connectivity index (χ0n) is 30.9. The largest absolute Gasteiger partial charge is 0.208 e. The van der Waals surface area contributed by atoms with Gasteiger partial charge in [-0.25, -0.2) is 15.0 Å². The molecule has 0 bridgehead atoms. The van der Waals surface area contributed by atoms with Crippen LogP contribution in [0.5, 0.6) is 0 Å². The molecule has 0 saturated carbocycles. The van der Waals surface area contributed by atoms with Gasteiger partial charge in [0.1, 0.15) is 0 Å². The van der Waals surface area contributed by atoms with Crippen molar-refractivity contribution in [1.82, 2.24) is 15.0 Å². The number of rotatable bonds is 4. The first kappa shape index (κ1) is 31.8. The molecular formula is C54H33N3. The fraction of sp³-hybridized carbons (Fsp3) is 0.0185. The Bertz CT molecular complexity index is 3210. The van der Waals surface area contributed by atoms with Crippen molar-refractivity contribution in [3.63, 3.8) is 0 Å². The molecule has 3 heteroatoms. The molecule has 9 aromatic carbocycles. The molecule has 0 aliphatic heterocycles. The van der Waals surface area contributed by atoms with Crippen molar-refractivity contribution in [3.8, 4) is 67.5 Å². The lowest BCUT2D eigenvalue weighted by atomic mass is 9.70. The van der Waals surface area contributed by atoms with Gasteiger partial charge >= 0.3 is 0 Å². The molecule has 0 atom stereocenters. The summed E-state index contributed by atoms with van der Waals surface area (Å²) in [5, 5.41) is 4.64. The van der Waals surface area contributed by atoms with Crippen LogP contribution in [-0.2, 0) is 5.41 Å². The van der Waals surface area contributed by atoms with Crippen LogP contribution < -0.4 is 0 Å². The lowest BCUT2D eigenvalue weighted by Gasteiger charge is -2.30. The third kappa shape index (κ3) is 4.69. The van der Waals surface area contributed by atoms with Gasteiger partial charge in [-0.2, -0.15) is 0 Å². The monoisotopic (exact) mass is 723 g/mol. The summed E-state index contributed by atoms with van der Waals surface area (Å²) in [7, 11) is 0. The highest BCUT2D eigenvalue weighted by Crippen LogP contribution is 2.63. The van der Waals surface area contributed by atoms with Crippen molar-refractivity contribution >= 4 is 21.5 Å².